The molecular weight excluding hydrogens is 675 g/mol. The highest BCUT2D eigenvalue weighted by molar-refractivity contribution is 7.92. The van der Waals surface area contributed by atoms with Crippen LogP contribution in [0.3, 0.4) is 0 Å². The molecule has 4 fully saturated rings. The predicted molar refractivity (Wildman–Crippen MR) is 201 cm³/mol. The zero-order valence-electron chi connectivity index (χ0n) is 30.6. The van der Waals surface area contributed by atoms with Crippen LogP contribution in [0.25, 0.3) is 11.3 Å². The Morgan fingerprint density at radius 3 is 1.98 bits per heavy atom. The van der Waals surface area contributed by atoms with Gasteiger partial charge in [0.2, 0.25) is 10.0 Å². The molecule has 2 atom stereocenters. The third-order valence-corrected chi connectivity index (χ3v) is 11.4. The van der Waals surface area contributed by atoms with E-state index in [1.54, 1.807) is 12.1 Å². The van der Waals surface area contributed by atoms with E-state index in [2.05, 4.69) is 35.2 Å². The summed E-state index contributed by atoms with van der Waals surface area (Å²) >= 11 is 0. The van der Waals surface area contributed by atoms with Gasteiger partial charge >= 0.3 is 0 Å². The molecule has 0 bridgehead atoms. The van der Waals surface area contributed by atoms with Gasteiger partial charge in [0.25, 0.3) is 5.91 Å². The summed E-state index contributed by atoms with van der Waals surface area (Å²) in [4.78, 5) is 25.2. The summed E-state index contributed by atoms with van der Waals surface area (Å²) in [6.07, 6.45) is 12.6. The smallest absolute Gasteiger partial charge is 0.256 e. The highest BCUT2D eigenvalue weighted by Crippen LogP contribution is 2.41. The molecule has 1 aromatic carbocycles. The van der Waals surface area contributed by atoms with Crippen molar-refractivity contribution in [3.63, 3.8) is 0 Å². The Hall–Kier alpha value is -4.36. The largest absolute Gasteiger partial charge is 0.330 e. The molecule has 9 rings (SSSR count). The lowest BCUT2D eigenvalue weighted by molar-refractivity contribution is 0.0606. The summed E-state index contributed by atoms with van der Waals surface area (Å²) in [6.45, 7) is 7.71. The second kappa shape index (κ2) is 13.9. The summed E-state index contributed by atoms with van der Waals surface area (Å²) in [6, 6.07) is 13.9. The number of aromatic nitrogens is 6. The van der Waals surface area contributed by atoms with Crippen LogP contribution in [0.1, 0.15) is 138 Å². The molecule has 0 radical (unpaired) electrons. The molecule has 2 aliphatic carbocycles. The van der Waals surface area contributed by atoms with Crippen molar-refractivity contribution in [2.75, 3.05) is 24.1 Å². The minimum absolute atomic E-state index is 0.177. The number of benzene rings is 1. The first-order valence-electron chi connectivity index (χ1n) is 18.9. The molecule has 4 aromatic heterocycles. The van der Waals surface area contributed by atoms with Crippen LogP contribution in [0.5, 0.6) is 0 Å². The van der Waals surface area contributed by atoms with E-state index in [0.717, 1.165) is 71.7 Å². The average Bonchev–Trinajstić information content (AvgIpc) is 4.06. The summed E-state index contributed by atoms with van der Waals surface area (Å²) < 4.78 is 30.2. The van der Waals surface area contributed by atoms with Crippen LogP contribution in [0, 0.1) is 20.8 Å². The number of sulfonamides is 1. The second-order valence-corrected chi connectivity index (χ2v) is 17.0. The number of fused-ring (bicyclic) bond motifs is 2. The van der Waals surface area contributed by atoms with Crippen molar-refractivity contribution in [3.8, 4) is 0 Å². The van der Waals surface area contributed by atoms with E-state index in [1.807, 2.05) is 39.9 Å². The Kier molecular flexibility index (Phi) is 9.27. The molecule has 5 aromatic rings. The highest BCUT2D eigenvalue weighted by atomic mass is 32.2. The number of aryl methyl sites for hydroxylation is 3. The van der Waals surface area contributed by atoms with Crippen molar-refractivity contribution in [2.24, 2.45) is 0 Å². The summed E-state index contributed by atoms with van der Waals surface area (Å²) in [5, 5.41) is 13.1. The van der Waals surface area contributed by atoms with Gasteiger partial charge in [-0.3, -0.25) is 9.52 Å². The molecule has 2 saturated carbocycles. The van der Waals surface area contributed by atoms with Crippen LogP contribution in [0.15, 0.2) is 42.5 Å². The van der Waals surface area contributed by atoms with Gasteiger partial charge in [-0.15, -0.1) is 0 Å². The van der Waals surface area contributed by atoms with Crippen LogP contribution in [-0.2, 0) is 10.0 Å². The molecule has 0 spiro atoms. The van der Waals surface area contributed by atoms with Crippen molar-refractivity contribution < 1.29 is 13.2 Å². The van der Waals surface area contributed by atoms with Crippen molar-refractivity contribution in [3.05, 3.63) is 87.8 Å². The Morgan fingerprint density at radius 1 is 0.769 bits per heavy atom. The molecule has 2 aliphatic heterocycles. The molecule has 13 heteroatoms. The SMILES string of the molecule is Cc1cc(C2CC2)nc2cc([C@@H]3CCCCN3)nn12.Cc1cccc(NS(C)(=O)=O)c1C(=O)N1CCCC[C@H]1c1cc2nc(C3CC3)cc(C)n2n1. The number of carbonyl (C=O) groups is 1. The molecule has 52 heavy (non-hydrogen) atoms. The number of likely N-dealkylation sites (tertiary alicyclic amines) is 1. The normalized spacial score (nSPS) is 20.9. The fraction of sp³-hybridized carbons (Fsp3) is 0.513. The Balaban J connectivity index is 0.000000171. The van der Waals surface area contributed by atoms with Gasteiger partial charge in [-0.05, 0) is 109 Å². The van der Waals surface area contributed by atoms with Gasteiger partial charge < -0.3 is 10.2 Å². The van der Waals surface area contributed by atoms with Gasteiger partial charge in [0.05, 0.1) is 41.0 Å². The topological polar surface area (TPSA) is 139 Å². The molecular formula is C39H49N9O3S. The summed E-state index contributed by atoms with van der Waals surface area (Å²) in [5.74, 6) is 1.08. The molecule has 12 nitrogen and oxygen atoms in total. The Morgan fingerprint density at radius 2 is 1.38 bits per heavy atom. The van der Waals surface area contributed by atoms with E-state index < -0.39 is 10.0 Å². The number of piperidine rings is 2. The van der Waals surface area contributed by atoms with E-state index in [-0.39, 0.29) is 11.9 Å². The van der Waals surface area contributed by atoms with E-state index in [4.69, 9.17) is 20.2 Å². The lowest BCUT2D eigenvalue weighted by Gasteiger charge is -2.35. The third-order valence-electron chi connectivity index (χ3n) is 10.8. The number of nitrogens with zero attached hydrogens (tertiary/aromatic N) is 7. The molecule has 274 valence electrons. The minimum Gasteiger partial charge on any atom is -0.330 e. The van der Waals surface area contributed by atoms with Gasteiger partial charge in [0.1, 0.15) is 0 Å². The quantitative estimate of drug-likeness (QED) is 0.189. The van der Waals surface area contributed by atoms with Crippen LogP contribution in [0.2, 0.25) is 0 Å². The number of hydrogen-bond donors (Lipinski definition) is 2. The van der Waals surface area contributed by atoms with Gasteiger partial charge in [0, 0.05) is 53.3 Å². The fourth-order valence-electron chi connectivity index (χ4n) is 7.81. The monoisotopic (exact) mass is 723 g/mol. The first kappa shape index (κ1) is 34.7. The number of nitrogens with one attached hydrogen (secondary N) is 2. The van der Waals surface area contributed by atoms with E-state index in [1.165, 1.54) is 56.3 Å². The lowest BCUT2D eigenvalue weighted by Crippen LogP contribution is -2.39. The van der Waals surface area contributed by atoms with Crippen molar-refractivity contribution >= 4 is 32.9 Å². The first-order valence-corrected chi connectivity index (χ1v) is 20.8. The number of rotatable bonds is 7. The average molecular weight is 724 g/mol. The third kappa shape index (κ3) is 7.30. The van der Waals surface area contributed by atoms with Crippen molar-refractivity contribution in [1.29, 1.82) is 0 Å². The maximum absolute atomic E-state index is 13.8. The maximum Gasteiger partial charge on any atom is 0.256 e. The molecule has 6 heterocycles. The van der Waals surface area contributed by atoms with E-state index in [0.29, 0.717) is 35.7 Å². The van der Waals surface area contributed by atoms with Gasteiger partial charge in [-0.2, -0.15) is 10.2 Å². The number of amides is 1. The van der Waals surface area contributed by atoms with Crippen LogP contribution < -0.4 is 10.0 Å². The molecule has 2 N–H and O–H groups in total. The zero-order valence-corrected chi connectivity index (χ0v) is 31.4. The number of hydrogen-bond acceptors (Lipinski definition) is 8. The van der Waals surface area contributed by atoms with Crippen LogP contribution in [-0.4, -0.2) is 67.8 Å². The van der Waals surface area contributed by atoms with Crippen molar-refractivity contribution in [2.45, 2.75) is 109 Å². The van der Waals surface area contributed by atoms with Crippen LogP contribution in [0.4, 0.5) is 5.69 Å². The summed E-state index contributed by atoms with van der Waals surface area (Å²) in [7, 11) is -3.52. The Bertz CT molecular complexity index is 2250. The number of carbonyl (C=O) groups excluding carboxylic acids is 1. The van der Waals surface area contributed by atoms with Crippen LogP contribution >= 0.6 is 0 Å². The fourth-order valence-corrected chi connectivity index (χ4v) is 8.38. The first-order chi connectivity index (χ1) is 25.0. The Labute approximate surface area is 305 Å². The minimum atomic E-state index is -3.52. The molecule has 1 amide bonds. The standard InChI is InChI=1S/C24H29N5O3S.C15H20N4/c1-15-7-6-8-18(27-33(3,31)32)23(15)24(30)28-12-5-4-9-21(28)20-14-22-25-19(17-10-11-17)13-16(2)29(22)26-20;1-10-8-13(11-5-6-11)17-15-9-14(18-19(10)15)12-4-2-3-7-16-12/h6-8,13-14,17,21,27H,4-5,9-12H2,1-3H3;8-9,11-12,16H,2-7H2,1H3/t21-;12-/m00/s1. The van der Waals surface area contributed by atoms with Gasteiger partial charge in [-0.1, -0.05) is 18.6 Å². The van der Waals surface area contributed by atoms with Crippen molar-refractivity contribution in [1.82, 2.24) is 39.4 Å². The van der Waals surface area contributed by atoms with Gasteiger partial charge in [-0.25, -0.2) is 27.4 Å². The second-order valence-electron chi connectivity index (χ2n) is 15.3. The lowest BCUT2D eigenvalue weighted by atomic mass is 9.96. The summed E-state index contributed by atoms with van der Waals surface area (Å²) in [5.41, 5.74) is 9.89. The highest BCUT2D eigenvalue weighted by Gasteiger charge is 2.34. The molecule has 4 aliphatic rings. The number of anilines is 1. The predicted octanol–water partition coefficient (Wildman–Crippen LogP) is 6.69. The van der Waals surface area contributed by atoms with E-state index >= 15 is 0 Å². The molecule has 2 saturated heterocycles. The zero-order chi connectivity index (χ0) is 36.1. The van der Waals surface area contributed by atoms with E-state index in [9.17, 15) is 13.2 Å². The van der Waals surface area contributed by atoms with Gasteiger partial charge in [0.15, 0.2) is 11.3 Å². The molecule has 0 unspecified atom stereocenters. The maximum atomic E-state index is 13.8.